The second-order valence-electron chi connectivity index (χ2n) is 5.42. The third kappa shape index (κ3) is 3.69. The van der Waals surface area contributed by atoms with Crippen LogP contribution in [0.25, 0.3) is 0 Å². The highest BCUT2D eigenvalue weighted by molar-refractivity contribution is 5.95. The molecular formula is C16H23N3O3. The van der Waals surface area contributed by atoms with Gasteiger partial charge in [-0.25, -0.2) is 4.79 Å². The van der Waals surface area contributed by atoms with E-state index in [0.29, 0.717) is 38.3 Å². The van der Waals surface area contributed by atoms with Crippen molar-refractivity contribution in [2.45, 2.75) is 6.92 Å². The van der Waals surface area contributed by atoms with Crippen LogP contribution in [0.15, 0.2) is 24.3 Å². The van der Waals surface area contributed by atoms with Gasteiger partial charge in [0.1, 0.15) is 0 Å². The smallest absolute Gasteiger partial charge is 0.409 e. The van der Waals surface area contributed by atoms with Gasteiger partial charge in [0.2, 0.25) is 0 Å². The molecular weight excluding hydrogens is 282 g/mol. The van der Waals surface area contributed by atoms with Gasteiger partial charge in [-0.05, 0) is 25.1 Å². The second kappa shape index (κ2) is 7.15. The highest BCUT2D eigenvalue weighted by Gasteiger charge is 2.25. The molecule has 2 rings (SSSR count). The molecule has 1 saturated heterocycles. The average Bonchev–Trinajstić information content (AvgIpc) is 2.54. The Hall–Kier alpha value is -2.24. The number of hydrogen-bond acceptors (Lipinski definition) is 4. The zero-order chi connectivity index (χ0) is 16.1. The Balaban J connectivity index is 1.98. The van der Waals surface area contributed by atoms with E-state index >= 15 is 0 Å². The zero-order valence-corrected chi connectivity index (χ0v) is 13.4. The minimum absolute atomic E-state index is 0.00667. The van der Waals surface area contributed by atoms with Gasteiger partial charge in [0.15, 0.2) is 0 Å². The van der Waals surface area contributed by atoms with E-state index in [-0.39, 0.29) is 12.0 Å². The number of piperazine rings is 1. The van der Waals surface area contributed by atoms with Crippen molar-refractivity contribution in [3.8, 4) is 0 Å². The molecule has 22 heavy (non-hydrogen) atoms. The first kappa shape index (κ1) is 16.1. The van der Waals surface area contributed by atoms with E-state index in [2.05, 4.69) is 0 Å². The summed E-state index contributed by atoms with van der Waals surface area (Å²) in [6, 6.07) is 7.57. The Kier molecular flexibility index (Phi) is 5.25. The summed E-state index contributed by atoms with van der Waals surface area (Å²) >= 11 is 0. The van der Waals surface area contributed by atoms with Gasteiger partial charge >= 0.3 is 6.09 Å². The van der Waals surface area contributed by atoms with Crippen molar-refractivity contribution in [2.24, 2.45) is 0 Å². The molecule has 6 heteroatoms. The summed E-state index contributed by atoms with van der Waals surface area (Å²) in [6.45, 7) is 4.24. The molecule has 6 nitrogen and oxygen atoms in total. The summed E-state index contributed by atoms with van der Waals surface area (Å²) in [6.07, 6.45) is -0.302. The average molecular weight is 305 g/mol. The molecule has 1 aromatic rings. The number of rotatable bonds is 3. The minimum atomic E-state index is -0.302. The van der Waals surface area contributed by atoms with E-state index in [9.17, 15) is 9.59 Å². The lowest BCUT2D eigenvalue weighted by molar-refractivity contribution is 0.0570. The van der Waals surface area contributed by atoms with Crippen molar-refractivity contribution >= 4 is 17.7 Å². The van der Waals surface area contributed by atoms with Crippen molar-refractivity contribution in [1.82, 2.24) is 9.80 Å². The summed E-state index contributed by atoms with van der Waals surface area (Å²) in [7, 11) is 3.89. The third-order valence-electron chi connectivity index (χ3n) is 3.70. The quantitative estimate of drug-likeness (QED) is 0.852. The molecule has 0 aliphatic carbocycles. The summed E-state index contributed by atoms with van der Waals surface area (Å²) in [5.74, 6) is 0.00667. The summed E-state index contributed by atoms with van der Waals surface area (Å²) in [4.78, 5) is 29.6. The van der Waals surface area contributed by atoms with Crippen molar-refractivity contribution in [2.75, 3.05) is 51.8 Å². The molecule has 0 N–H and O–H groups in total. The fraction of sp³-hybridized carbons (Fsp3) is 0.500. The molecule has 1 aliphatic heterocycles. The maximum Gasteiger partial charge on any atom is 0.409 e. The number of anilines is 1. The van der Waals surface area contributed by atoms with Crippen LogP contribution in [-0.4, -0.2) is 68.7 Å². The van der Waals surface area contributed by atoms with Crippen LogP contribution in [0.5, 0.6) is 0 Å². The minimum Gasteiger partial charge on any atom is -0.450 e. The summed E-state index contributed by atoms with van der Waals surface area (Å²) < 4.78 is 4.98. The van der Waals surface area contributed by atoms with Crippen molar-refractivity contribution in [1.29, 1.82) is 0 Å². The van der Waals surface area contributed by atoms with Crippen molar-refractivity contribution in [3.63, 3.8) is 0 Å². The Morgan fingerprint density at radius 3 is 2.36 bits per heavy atom. The molecule has 1 heterocycles. The van der Waals surface area contributed by atoms with Crippen LogP contribution in [0.2, 0.25) is 0 Å². The van der Waals surface area contributed by atoms with Crippen LogP contribution in [-0.2, 0) is 4.74 Å². The van der Waals surface area contributed by atoms with Crippen LogP contribution in [0.4, 0.5) is 10.5 Å². The van der Waals surface area contributed by atoms with Crippen LogP contribution < -0.4 is 4.90 Å². The maximum atomic E-state index is 12.5. The van der Waals surface area contributed by atoms with E-state index in [0.717, 1.165) is 5.69 Å². The predicted octanol–water partition coefficient (Wildman–Crippen LogP) is 1.67. The molecule has 0 unspecified atom stereocenters. The molecule has 0 radical (unpaired) electrons. The normalized spacial score (nSPS) is 14.7. The highest BCUT2D eigenvalue weighted by atomic mass is 16.6. The van der Waals surface area contributed by atoms with Gasteiger partial charge in [-0.1, -0.05) is 6.07 Å². The Labute approximate surface area is 131 Å². The van der Waals surface area contributed by atoms with Crippen LogP contribution >= 0.6 is 0 Å². The summed E-state index contributed by atoms with van der Waals surface area (Å²) in [5.41, 5.74) is 1.67. The number of amides is 2. The molecule has 0 spiro atoms. The second-order valence-corrected chi connectivity index (χ2v) is 5.42. The first-order valence-corrected chi connectivity index (χ1v) is 7.51. The molecule has 120 valence electrons. The molecule has 0 atom stereocenters. The lowest BCUT2D eigenvalue weighted by Crippen LogP contribution is -2.50. The zero-order valence-electron chi connectivity index (χ0n) is 13.4. The van der Waals surface area contributed by atoms with Gasteiger partial charge in [-0.15, -0.1) is 0 Å². The molecule has 2 amide bonds. The van der Waals surface area contributed by atoms with E-state index < -0.39 is 0 Å². The molecule has 1 aliphatic rings. The SMILES string of the molecule is CCOC(=O)N1CCN(C(=O)c2cccc(N(C)C)c2)CC1. The molecule has 1 aromatic carbocycles. The maximum absolute atomic E-state index is 12.5. The number of benzene rings is 1. The molecule has 0 saturated carbocycles. The number of carbonyl (C=O) groups excluding carboxylic acids is 2. The number of ether oxygens (including phenoxy) is 1. The summed E-state index contributed by atoms with van der Waals surface area (Å²) in [5, 5.41) is 0. The number of hydrogen-bond donors (Lipinski definition) is 0. The van der Waals surface area contributed by atoms with Gasteiger partial charge in [0, 0.05) is 51.5 Å². The first-order valence-electron chi connectivity index (χ1n) is 7.51. The number of carbonyl (C=O) groups is 2. The standard InChI is InChI=1S/C16H23N3O3/c1-4-22-16(21)19-10-8-18(9-11-19)15(20)13-6-5-7-14(12-13)17(2)3/h5-7,12H,4,8-11H2,1-3H3. The largest absolute Gasteiger partial charge is 0.450 e. The van der Waals surface area contributed by atoms with Crippen LogP contribution in [0.1, 0.15) is 17.3 Å². The van der Waals surface area contributed by atoms with Gasteiger partial charge in [0.25, 0.3) is 5.91 Å². The Morgan fingerprint density at radius 1 is 1.14 bits per heavy atom. The number of nitrogens with zero attached hydrogens (tertiary/aromatic N) is 3. The van der Waals surface area contributed by atoms with E-state index in [1.807, 2.05) is 43.3 Å². The Morgan fingerprint density at radius 2 is 1.77 bits per heavy atom. The topological polar surface area (TPSA) is 53.1 Å². The Bertz CT molecular complexity index is 537. The fourth-order valence-electron chi connectivity index (χ4n) is 2.41. The van der Waals surface area contributed by atoms with Gasteiger partial charge in [0.05, 0.1) is 6.61 Å². The predicted molar refractivity (Wildman–Crippen MR) is 85.3 cm³/mol. The fourth-order valence-corrected chi connectivity index (χ4v) is 2.41. The van der Waals surface area contributed by atoms with Gasteiger partial charge < -0.3 is 19.4 Å². The van der Waals surface area contributed by atoms with Gasteiger partial charge in [-0.2, -0.15) is 0 Å². The van der Waals surface area contributed by atoms with Crippen LogP contribution in [0, 0.1) is 0 Å². The molecule has 1 fully saturated rings. The van der Waals surface area contributed by atoms with E-state index in [1.165, 1.54) is 0 Å². The highest BCUT2D eigenvalue weighted by Crippen LogP contribution is 2.16. The lowest BCUT2D eigenvalue weighted by Gasteiger charge is -2.34. The van der Waals surface area contributed by atoms with Crippen molar-refractivity contribution in [3.05, 3.63) is 29.8 Å². The van der Waals surface area contributed by atoms with Crippen molar-refractivity contribution < 1.29 is 14.3 Å². The molecule has 0 bridgehead atoms. The van der Waals surface area contributed by atoms with E-state index in [4.69, 9.17) is 4.74 Å². The van der Waals surface area contributed by atoms with E-state index in [1.54, 1.807) is 16.7 Å². The monoisotopic (exact) mass is 305 g/mol. The van der Waals surface area contributed by atoms with Gasteiger partial charge in [-0.3, -0.25) is 4.79 Å². The lowest BCUT2D eigenvalue weighted by atomic mass is 10.1. The third-order valence-corrected chi connectivity index (χ3v) is 3.70. The molecule has 0 aromatic heterocycles. The first-order chi connectivity index (χ1) is 10.5. The van der Waals surface area contributed by atoms with Crippen LogP contribution in [0.3, 0.4) is 0 Å².